The Bertz CT molecular complexity index is 503. The van der Waals surface area contributed by atoms with Gasteiger partial charge in [-0.1, -0.05) is 6.92 Å². The van der Waals surface area contributed by atoms with E-state index < -0.39 is 0 Å². The number of urea groups is 1. The van der Waals surface area contributed by atoms with Gasteiger partial charge in [-0.15, -0.1) is 0 Å². The predicted octanol–water partition coefficient (Wildman–Crippen LogP) is 1.56. The highest BCUT2D eigenvalue weighted by molar-refractivity contribution is 7.07. The molecule has 1 saturated heterocycles. The van der Waals surface area contributed by atoms with E-state index in [-0.39, 0.29) is 18.0 Å². The van der Waals surface area contributed by atoms with Crippen LogP contribution >= 0.6 is 11.3 Å². The summed E-state index contributed by atoms with van der Waals surface area (Å²) < 4.78 is 0. The van der Waals surface area contributed by atoms with Crippen LogP contribution in [0.3, 0.4) is 0 Å². The van der Waals surface area contributed by atoms with Gasteiger partial charge in [-0.25, -0.2) is 4.79 Å². The van der Waals surface area contributed by atoms with Crippen molar-refractivity contribution >= 4 is 23.3 Å². The van der Waals surface area contributed by atoms with Crippen molar-refractivity contribution in [2.75, 3.05) is 6.54 Å². The average Bonchev–Trinajstić information content (AvgIpc) is 2.81. The van der Waals surface area contributed by atoms with Crippen LogP contribution in [0.1, 0.15) is 25.3 Å². The minimum atomic E-state index is -0.195. The Morgan fingerprint density at radius 3 is 3.00 bits per heavy atom. The molecule has 1 saturated carbocycles. The highest BCUT2D eigenvalue weighted by atomic mass is 32.1. The summed E-state index contributed by atoms with van der Waals surface area (Å²) in [5.41, 5.74) is 1.10. The van der Waals surface area contributed by atoms with E-state index >= 15 is 0 Å². The van der Waals surface area contributed by atoms with E-state index in [0.29, 0.717) is 31.5 Å². The monoisotopic (exact) mass is 293 g/mol. The topological polar surface area (TPSA) is 61.4 Å². The fraction of sp³-hybridized carbons (Fsp3) is 0.571. The van der Waals surface area contributed by atoms with E-state index in [1.807, 2.05) is 21.7 Å². The smallest absolute Gasteiger partial charge is 0.315 e. The molecule has 1 aliphatic carbocycles. The van der Waals surface area contributed by atoms with Gasteiger partial charge in [0.2, 0.25) is 5.91 Å². The van der Waals surface area contributed by atoms with Gasteiger partial charge >= 0.3 is 6.03 Å². The molecule has 0 radical (unpaired) electrons. The van der Waals surface area contributed by atoms with Crippen molar-refractivity contribution in [3.63, 3.8) is 0 Å². The molecule has 2 N–H and O–H groups in total. The third-order valence-electron chi connectivity index (χ3n) is 3.99. The van der Waals surface area contributed by atoms with E-state index in [0.717, 1.165) is 12.0 Å². The molecular formula is C14H19N3O2S. The maximum atomic E-state index is 11.9. The van der Waals surface area contributed by atoms with Gasteiger partial charge in [0.1, 0.15) is 0 Å². The highest BCUT2D eigenvalue weighted by Gasteiger charge is 2.44. The SMILES string of the molecule is C[C@@H]1C[C@H]1N1C[C@H](NC(=O)NCc2ccsc2)CC1=O. The molecule has 1 aromatic rings. The number of amides is 3. The normalized spacial score (nSPS) is 28.6. The Labute approximate surface area is 122 Å². The van der Waals surface area contributed by atoms with Gasteiger partial charge in [0.05, 0.1) is 6.04 Å². The molecule has 20 heavy (non-hydrogen) atoms. The standard InChI is InChI=1S/C14H19N3O2S/c1-9-4-12(9)17-7-11(5-13(17)18)16-14(19)15-6-10-2-3-20-8-10/h2-3,8-9,11-12H,4-7H2,1H3,(H2,15,16,19)/t9-,11-,12-/m1/s1. The Balaban J connectivity index is 1.44. The van der Waals surface area contributed by atoms with Crippen LogP contribution in [-0.4, -0.2) is 35.5 Å². The lowest BCUT2D eigenvalue weighted by Crippen LogP contribution is -2.43. The van der Waals surface area contributed by atoms with Crippen molar-refractivity contribution < 1.29 is 9.59 Å². The Hall–Kier alpha value is -1.56. The van der Waals surface area contributed by atoms with Gasteiger partial charge in [-0.3, -0.25) is 4.79 Å². The number of hydrogen-bond acceptors (Lipinski definition) is 3. The predicted molar refractivity (Wildman–Crippen MR) is 77.4 cm³/mol. The molecule has 108 valence electrons. The first-order chi connectivity index (χ1) is 9.63. The van der Waals surface area contributed by atoms with Crippen LogP contribution in [0.2, 0.25) is 0 Å². The zero-order valence-electron chi connectivity index (χ0n) is 11.5. The second-order valence-electron chi connectivity index (χ2n) is 5.69. The summed E-state index contributed by atoms with van der Waals surface area (Å²) in [6.07, 6.45) is 1.53. The van der Waals surface area contributed by atoms with Crippen molar-refractivity contribution in [1.29, 1.82) is 0 Å². The van der Waals surface area contributed by atoms with Crippen molar-refractivity contribution in [2.24, 2.45) is 5.92 Å². The number of rotatable bonds is 4. The lowest BCUT2D eigenvalue weighted by atomic mass is 10.2. The molecular weight excluding hydrogens is 274 g/mol. The maximum absolute atomic E-state index is 11.9. The largest absolute Gasteiger partial charge is 0.337 e. The summed E-state index contributed by atoms with van der Waals surface area (Å²) in [7, 11) is 0. The third-order valence-corrected chi connectivity index (χ3v) is 4.73. The summed E-state index contributed by atoms with van der Waals surface area (Å²) in [4.78, 5) is 25.6. The molecule has 0 unspecified atom stereocenters. The van der Waals surface area contributed by atoms with Crippen molar-refractivity contribution in [3.05, 3.63) is 22.4 Å². The van der Waals surface area contributed by atoms with Crippen LogP contribution in [0.15, 0.2) is 16.8 Å². The molecule has 5 nitrogen and oxygen atoms in total. The van der Waals surface area contributed by atoms with Gasteiger partial charge in [-0.2, -0.15) is 11.3 Å². The van der Waals surface area contributed by atoms with Crippen LogP contribution < -0.4 is 10.6 Å². The lowest BCUT2D eigenvalue weighted by Gasteiger charge is -2.17. The zero-order chi connectivity index (χ0) is 14.1. The molecule has 6 heteroatoms. The van der Waals surface area contributed by atoms with Gasteiger partial charge < -0.3 is 15.5 Å². The molecule has 2 fully saturated rings. The number of carbonyl (C=O) groups excluding carboxylic acids is 2. The van der Waals surface area contributed by atoms with E-state index in [1.54, 1.807) is 11.3 Å². The van der Waals surface area contributed by atoms with Crippen LogP contribution in [-0.2, 0) is 11.3 Å². The first-order valence-corrected chi connectivity index (χ1v) is 7.92. The molecule has 3 atom stereocenters. The molecule has 2 heterocycles. The number of thiophene rings is 1. The molecule has 1 aliphatic heterocycles. The van der Waals surface area contributed by atoms with Crippen LogP contribution in [0, 0.1) is 5.92 Å². The summed E-state index contributed by atoms with van der Waals surface area (Å²) in [5, 5.41) is 9.71. The number of carbonyl (C=O) groups is 2. The van der Waals surface area contributed by atoms with Crippen molar-refractivity contribution in [3.8, 4) is 0 Å². The van der Waals surface area contributed by atoms with E-state index in [2.05, 4.69) is 17.6 Å². The van der Waals surface area contributed by atoms with Crippen LogP contribution in [0.5, 0.6) is 0 Å². The van der Waals surface area contributed by atoms with E-state index in [1.165, 1.54) is 0 Å². The number of nitrogens with zero attached hydrogens (tertiary/aromatic N) is 1. The van der Waals surface area contributed by atoms with Gasteiger partial charge in [0, 0.05) is 25.6 Å². The van der Waals surface area contributed by atoms with E-state index in [4.69, 9.17) is 0 Å². The Morgan fingerprint density at radius 1 is 1.55 bits per heavy atom. The van der Waals surface area contributed by atoms with Crippen LogP contribution in [0.4, 0.5) is 4.79 Å². The van der Waals surface area contributed by atoms with Crippen LogP contribution in [0.25, 0.3) is 0 Å². The van der Waals surface area contributed by atoms with Gasteiger partial charge in [0.15, 0.2) is 0 Å². The highest BCUT2D eigenvalue weighted by Crippen LogP contribution is 2.37. The third kappa shape index (κ3) is 2.95. The molecule has 2 aliphatic rings. The summed E-state index contributed by atoms with van der Waals surface area (Å²) >= 11 is 1.61. The number of nitrogens with one attached hydrogen (secondary N) is 2. The van der Waals surface area contributed by atoms with Gasteiger partial charge in [0.25, 0.3) is 0 Å². The van der Waals surface area contributed by atoms with Crippen molar-refractivity contribution in [1.82, 2.24) is 15.5 Å². The molecule has 0 spiro atoms. The second kappa shape index (κ2) is 5.44. The first kappa shape index (κ1) is 13.4. The fourth-order valence-corrected chi connectivity index (χ4v) is 3.37. The Morgan fingerprint density at radius 2 is 2.35 bits per heavy atom. The van der Waals surface area contributed by atoms with E-state index in [9.17, 15) is 9.59 Å². The number of hydrogen-bond donors (Lipinski definition) is 2. The first-order valence-electron chi connectivity index (χ1n) is 6.98. The lowest BCUT2D eigenvalue weighted by molar-refractivity contribution is -0.128. The summed E-state index contributed by atoms with van der Waals surface area (Å²) in [5.74, 6) is 0.785. The quantitative estimate of drug-likeness (QED) is 0.885. The Kier molecular flexibility index (Phi) is 3.65. The van der Waals surface area contributed by atoms with Gasteiger partial charge in [-0.05, 0) is 34.7 Å². The summed E-state index contributed by atoms with van der Waals surface area (Å²) in [6.45, 7) is 3.34. The maximum Gasteiger partial charge on any atom is 0.315 e. The molecule has 0 bridgehead atoms. The molecule has 1 aromatic heterocycles. The zero-order valence-corrected chi connectivity index (χ0v) is 12.3. The summed E-state index contributed by atoms with van der Waals surface area (Å²) in [6, 6.07) is 2.14. The minimum Gasteiger partial charge on any atom is -0.337 e. The molecule has 3 amide bonds. The second-order valence-corrected chi connectivity index (χ2v) is 6.47. The van der Waals surface area contributed by atoms with Crippen molar-refractivity contribution in [2.45, 2.75) is 38.4 Å². The minimum absolute atomic E-state index is 0.0576. The number of likely N-dealkylation sites (tertiary alicyclic amines) is 1. The molecule has 3 rings (SSSR count). The molecule has 0 aromatic carbocycles. The average molecular weight is 293 g/mol. The fourth-order valence-electron chi connectivity index (χ4n) is 2.70.